The molecule has 17 heavy (non-hydrogen) atoms. The second kappa shape index (κ2) is 4.04. The third-order valence-corrected chi connectivity index (χ3v) is 3.81. The molecular weight excluding hydrogens is 224 g/mol. The molecule has 3 fully saturated rings. The molecule has 6 nitrogen and oxygen atoms in total. The fourth-order valence-electron chi connectivity index (χ4n) is 2.89. The molecule has 94 valence electrons. The highest BCUT2D eigenvalue weighted by Gasteiger charge is 2.51. The normalized spacial score (nSPS) is 41.4. The van der Waals surface area contributed by atoms with Crippen LogP contribution in [0.1, 0.15) is 12.8 Å². The number of rotatable bonds is 2. The molecule has 3 aliphatic rings. The molecule has 1 N–H and O–H groups in total. The number of morpholine rings is 1. The van der Waals surface area contributed by atoms with Crippen molar-refractivity contribution in [3.8, 4) is 0 Å². The lowest BCUT2D eigenvalue weighted by Crippen LogP contribution is -2.59. The largest absolute Gasteiger partial charge is 0.378 e. The van der Waals surface area contributed by atoms with Crippen LogP contribution in [0.25, 0.3) is 0 Å². The summed E-state index contributed by atoms with van der Waals surface area (Å²) >= 11 is 0. The van der Waals surface area contributed by atoms with Gasteiger partial charge >= 0.3 is 0 Å². The second-order valence-corrected chi connectivity index (χ2v) is 4.74. The van der Waals surface area contributed by atoms with Gasteiger partial charge in [0.05, 0.1) is 12.1 Å². The third-order valence-electron chi connectivity index (χ3n) is 3.81. The van der Waals surface area contributed by atoms with Crippen LogP contribution in [0.3, 0.4) is 0 Å². The fraction of sp³-hybridized carbons (Fsp3) is 0.818. The van der Waals surface area contributed by atoms with E-state index in [1.807, 2.05) is 0 Å². The monoisotopic (exact) mass is 240 g/mol. The molecule has 0 radical (unpaired) electrons. The zero-order valence-electron chi connectivity index (χ0n) is 9.72. The van der Waals surface area contributed by atoms with Crippen LogP contribution in [-0.4, -0.2) is 61.3 Å². The van der Waals surface area contributed by atoms with Crippen LogP contribution >= 0.6 is 0 Å². The number of hydrogen-bond acceptors (Lipinski definition) is 5. The molecule has 2 amide bonds. The highest BCUT2D eigenvalue weighted by atomic mass is 16.5. The van der Waals surface area contributed by atoms with Gasteiger partial charge in [-0.1, -0.05) is 0 Å². The van der Waals surface area contributed by atoms with Crippen molar-refractivity contribution >= 4 is 11.8 Å². The highest BCUT2D eigenvalue weighted by molar-refractivity contribution is 6.02. The maximum absolute atomic E-state index is 12.1. The van der Waals surface area contributed by atoms with Crippen LogP contribution in [0.15, 0.2) is 0 Å². The molecule has 2 bridgehead atoms. The molecule has 0 saturated carbocycles. The van der Waals surface area contributed by atoms with Gasteiger partial charge in [-0.3, -0.25) is 14.5 Å². The van der Waals surface area contributed by atoms with Crippen LogP contribution in [-0.2, 0) is 19.1 Å². The predicted octanol–water partition coefficient (Wildman–Crippen LogP) is -1.11. The van der Waals surface area contributed by atoms with E-state index in [0.29, 0.717) is 25.9 Å². The molecule has 0 aromatic heterocycles. The van der Waals surface area contributed by atoms with Crippen molar-refractivity contribution in [3.63, 3.8) is 0 Å². The van der Waals surface area contributed by atoms with Crippen molar-refractivity contribution in [1.82, 2.24) is 10.2 Å². The highest BCUT2D eigenvalue weighted by Crippen LogP contribution is 2.30. The molecule has 0 aliphatic carbocycles. The number of ether oxygens (including phenoxy) is 2. The summed E-state index contributed by atoms with van der Waals surface area (Å²) in [5.74, 6) is -0.390. The smallest absolute Gasteiger partial charge is 0.258 e. The molecular formula is C11H16N2O4. The Balaban J connectivity index is 1.86. The zero-order chi connectivity index (χ0) is 12.0. The number of carbonyl (C=O) groups excluding carboxylic acids is 2. The van der Waals surface area contributed by atoms with Gasteiger partial charge in [-0.15, -0.1) is 0 Å². The number of nitrogens with one attached hydrogen (secondary N) is 1. The topological polar surface area (TPSA) is 67.9 Å². The lowest BCUT2D eigenvalue weighted by atomic mass is 10.1. The van der Waals surface area contributed by atoms with Gasteiger partial charge in [0.1, 0.15) is 12.2 Å². The Labute approximate surface area is 99.2 Å². The number of amides is 2. The van der Waals surface area contributed by atoms with E-state index in [9.17, 15) is 9.59 Å². The SMILES string of the molecule is CO[C@H]1CNCC1N1C(=O)C2CCC(O2)C1=O. The Hall–Kier alpha value is -0.980. The molecule has 0 aromatic rings. The number of imide groups is 1. The molecule has 0 aromatic carbocycles. The van der Waals surface area contributed by atoms with E-state index in [4.69, 9.17) is 9.47 Å². The Morgan fingerprint density at radius 2 is 1.88 bits per heavy atom. The Morgan fingerprint density at radius 3 is 2.47 bits per heavy atom. The van der Waals surface area contributed by atoms with Gasteiger partial charge in [0.25, 0.3) is 11.8 Å². The first-order valence-corrected chi connectivity index (χ1v) is 5.98. The van der Waals surface area contributed by atoms with E-state index < -0.39 is 12.2 Å². The number of carbonyl (C=O) groups is 2. The van der Waals surface area contributed by atoms with Gasteiger partial charge in [-0.25, -0.2) is 0 Å². The summed E-state index contributed by atoms with van der Waals surface area (Å²) in [4.78, 5) is 25.7. The van der Waals surface area contributed by atoms with Crippen molar-refractivity contribution in [2.24, 2.45) is 0 Å². The molecule has 6 heteroatoms. The van der Waals surface area contributed by atoms with E-state index in [1.165, 1.54) is 4.90 Å². The number of nitrogens with zero attached hydrogens (tertiary/aromatic N) is 1. The Kier molecular flexibility index (Phi) is 2.65. The molecule has 3 heterocycles. The molecule has 0 spiro atoms. The zero-order valence-corrected chi connectivity index (χ0v) is 9.72. The van der Waals surface area contributed by atoms with Gasteiger partial charge < -0.3 is 14.8 Å². The van der Waals surface area contributed by atoms with Crippen molar-refractivity contribution in [2.75, 3.05) is 20.2 Å². The molecule has 3 rings (SSSR count). The van der Waals surface area contributed by atoms with E-state index >= 15 is 0 Å². The number of methoxy groups -OCH3 is 1. The van der Waals surface area contributed by atoms with Crippen LogP contribution in [0.5, 0.6) is 0 Å². The maximum Gasteiger partial charge on any atom is 0.258 e. The first-order valence-electron chi connectivity index (χ1n) is 5.98. The first-order chi connectivity index (χ1) is 8.22. The Bertz CT molecular complexity index is 337. The standard InChI is InChI=1S/C11H16N2O4/c1-16-9-5-12-4-6(9)13-10(14)7-2-3-8(17-7)11(13)15/h6-9,12H,2-5H2,1H3/t6?,7?,8?,9-/m0/s1. The predicted molar refractivity (Wildman–Crippen MR) is 57.2 cm³/mol. The summed E-state index contributed by atoms with van der Waals surface area (Å²) in [6.45, 7) is 1.28. The summed E-state index contributed by atoms with van der Waals surface area (Å²) in [5, 5.41) is 3.15. The second-order valence-electron chi connectivity index (χ2n) is 4.74. The van der Waals surface area contributed by atoms with Gasteiger partial charge in [-0.05, 0) is 12.8 Å². The average molecular weight is 240 g/mol. The van der Waals surface area contributed by atoms with Gasteiger partial charge in [0, 0.05) is 20.2 Å². The molecule has 3 aliphatic heterocycles. The van der Waals surface area contributed by atoms with Crippen molar-refractivity contribution < 1.29 is 19.1 Å². The average Bonchev–Trinajstić information content (AvgIpc) is 2.95. The van der Waals surface area contributed by atoms with Gasteiger partial charge in [-0.2, -0.15) is 0 Å². The minimum atomic E-state index is -0.421. The quantitative estimate of drug-likeness (QED) is 0.620. The first kappa shape index (κ1) is 11.1. The van der Waals surface area contributed by atoms with Crippen molar-refractivity contribution in [2.45, 2.75) is 37.2 Å². The number of hydrogen-bond donors (Lipinski definition) is 1. The Morgan fingerprint density at radius 1 is 1.24 bits per heavy atom. The van der Waals surface area contributed by atoms with Crippen LogP contribution in [0.2, 0.25) is 0 Å². The lowest BCUT2D eigenvalue weighted by Gasteiger charge is -2.35. The van der Waals surface area contributed by atoms with Crippen LogP contribution in [0.4, 0.5) is 0 Å². The van der Waals surface area contributed by atoms with Crippen LogP contribution in [0, 0.1) is 0 Å². The fourth-order valence-corrected chi connectivity index (χ4v) is 2.89. The summed E-state index contributed by atoms with van der Waals surface area (Å²) in [6.07, 6.45) is 0.361. The lowest BCUT2D eigenvalue weighted by molar-refractivity contribution is -0.173. The van der Waals surface area contributed by atoms with Crippen molar-refractivity contribution in [3.05, 3.63) is 0 Å². The molecule has 3 saturated heterocycles. The van der Waals surface area contributed by atoms with E-state index in [0.717, 1.165) is 0 Å². The third kappa shape index (κ3) is 1.59. The van der Waals surface area contributed by atoms with E-state index in [1.54, 1.807) is 7.11 Å². The van der Waals surface area contributed by atoms with Gasteiger partial charge in [0.2, 0.25) is 0 Å². The molecule has 3 unspecified atom stereocenters. The molecule has 4 atom stereocenters. The van der Waals surface area contributed by atoms with Crippen molar-refractivity contribution in [1.29, 1.82) is 0 Å². The minimum Gasteiger partial charge on any atom is -0.378 e. The van der Waals surface area contributed by atoms with E-state index in [-0.39, 0.29) is 24.0 Å². The summed E-state index contributed by atoms with van der Waals surface area (Å²) < 4.78 is 10.7. The van der Waals surface area contributed by atoms with Crippen LogP contribution < -0.4 is 5.32 Å². The van der Waals surface area contributed by atoms with Gasteiger partial charge in [0.15, 0.2) is 0 Å². The summed E-state index contributed by atoms with van der Waals surface area (Å²) in [7, 11) is 1.61. The number of fused-ring (bicyclic) bond motifs is 2. The summed E-state index contributed by atoms with van der Waals surface area (Å²) in [6, 6.07) is -0.188. The van der Waals surface area contributed by atoms with E-state index in [2.05, 4.69) is 5.32 Å². The summed E-state index contributed by atoms with van der Waals surface area (Å²) in [5.41, 5.74) is 0. The minimum absolute atomic E-state index is 0.111. The maximum atomic E-state index is 12.1. The number of likely N-dealkylation sites (tertiary alicyclic amines) is 1.